The quantitative estimate of drug-likeness (QED) is 0.645. The van der Waals surface area contributed by atoms with Crippen LogP contribution in [0.15, 0.2) is 59.1 Å². The molecule has 2 aromatic rings. The molecule has 1 aliphatic rings. The number of likely N-dealkylation sites (N-methyl/N-ethyl adjacent to an activating group) is 1. The van der Waals surface area contributed by atoms with Crippen LogP contribution in [0.4, 0.5) is 0 Å². The summed E-state index contributed by atoms with van der Waals surface area (Å²) in [5.41, 5.74) is 1.93. The number of hydrogen-bond acceptors (Lipinski definition) is 2. The van der Waals surface area contributed by atoms with Gasteiger partial charge < -0.3 is 9.64 Å². The first-order valence-corrected chi connectivity index (χ1v) is 9.99. The zero-order valence-electron chi connectivity index (χ0n) is 15.4. The van der Waals surface area contributed by atoms with Gasteiger partial charge >= 0.3 is 0 Å². The van der Waals surface area contributed by atoms with E-state index < -0.39 is 5.60 Å². The normalized spacial score (nSPS) is 22.3. The minimum absolute atomic E-state index is 0.166. The molecule has 0 spiro atoms. The van der Waals surface area contributed by atoms with E-state index in [9.17, 15) is 0 Å². The van der Waals surface area contributed by atoms with Gasteiger partial charge in [-0.05, 0) is 63.5 Å². The predicted molar refractivity (Wildman–Crippen MR) is 108 cm³/mol. The highest BCUT2D eigenvalue weighted by Crippen LogP contribution is 2.36. The van der Waals surface area contributed by atoms with E-state index in [4.69, 9.17) is 4.74 Å². The molecule has 0 radical (unpaired) electrons. The van der Waals surface area contributed by atoms with E-state index in [2.05, 4.69) is 96.3 Å². The Balaban J connectivity index is 1.92. The Bertz CT molecular complexity index is 672. The average Bonchev–Trinajstić information content (AvgIpc) is 2.63. The third-order valence-corrected chi connectivity index (χ3v) is 6.04. The van der Waals surface area contributed by atoms with Crippen molar-refractivity contribution >= 4 is 15.9 Å². The smallest absolute Gasteiger partial charge is 0.116 e. The van der Waals surface area contributed by atoms with Gasteiger partial charge in [0.2, 0.25) is 0 Å². The summed E-state index contributed by atoms with van der Waals surface area (Å²) < 4.78 is 7.89. The molecule has 1 heterocycles. The van der Waals surface area contributed by atoms with Crippen LogP contribution in [0.25, 0.3) is 0 Å². The molecule has 2 nitrogen and oxygen atoms in total. The molecule has 1 aliphatic heterocycles. The molecular formula is C22H28BrNO. The van der Waals surface area contributed by atoms with Crippen LogP contribution in [0, 0.1) is 0 Å². The Morgan fingerprint density at radius 2 is 1.68 bits per heavy atom. The first-order valence-electron chi connectivity index (χ1n) is 9.20. The van der Waals surface area contributed by atoms with Crippen LogP contribution in [-0.4, -0.2) is 30.6 Å². The fourth-order valence-corrected chi connectivity index (χ4v) is 4.24. The van der Waals surface area contributed by atoms with Crippen LogP contribution in [-0.2, 0) is 10.3 Å². The van der Waals surface area contributed by atoms with Gasteiger partial charge in [-0.1, -0.05) is 64.8 Å². The summed E-state index contributed by atoms with van der Waals surface area (Å²) in [6, 6.07) is 19.6. The van der Waals surface area contributed by atoms with Crippen LogP contribution in [0.1, 0.15) is 44.2 Å². The molecule has 1 saturated heterocycles. The Morgan fingerprint density at radius 3 is 2.32 bits per heavy atom. The molecule has 25 heavy (non-hydrogen) atoms. The number of halogens is 1. The fraction of sp³-hybridized carbons (Fsp3) is 0.455. The first-order chi connectivity index (χ1) is 12.0. The van der Waals surface area contributed by atoms with Crippen molar-refractivity contribution < 1.29 is 4.74 Å². The molecule has 1 fully saturated rings. The van der Waals surface area contributed by atoms with Crippen molar-refractivity contribution in [1.82, 2.24) is 4.90 Å². The van der Waals surface area contributed by atoms with Crippen LogP contribution in [0.2, 0.25) is 0 Å². The number of hydrogen-bond donors (Lipinski definition) is 0. The second kappa shape index (κ2) is 8.03. The summed E-state index contributed by atoms with van der Waals surface area (Å²) in [4.78, 5) is 2.46. The summed E-state index contributed by atoms with van der Waals surface area (Å²) in [6.07, 6.45) is 3.97. The van der Waals surface area contributed by atoms with E-state index in [-0.39, 0.29) is 6.10 Å². The monoisotopic (exact) mass is 401 g/mol. The van der Waals surface area contributed by atoms with E-state index >= 15 is 0 Å². The van der Waals surface area contributed by atoms with E-state index in [0.717, 1.165) is 4.47 Å². The molecule has 0 amide bonds. The Morgan fingerprint density at radius 1 is 1.04 bits per heavy atom. The molecule has 0 aromatic heterocycles. The molecule has 0 bridgehead atoms. The highest BCUT2D eigenvalue weighted by Gasteiger charge is 2.35. The molecule has 0 saturated carbocycles. The van der Waals surface area contributed by atoms with Gasteiger partial charge in [-0.15, -0.1) is 0 Å². The van der Waals surface area contributed by atoms with Crippen LogP contribution < -0.4 is 0 Å². The minimum Gasteiger partial charge on any atom is -0.361 e. The van der Waals surface area contributed by atoms with Gasteiger partial charge in [-0.2, -0.15) is 0 Å². The molecular weight excluding hydrogens is 374 g/mol. The van der Waals surface area contributed by atoms with Crippen LogP contribution in [0.3, 0.4) is 0 Å². The SMILES string of the molecule is CC(OC(C)(c1ccccc1)c1ccc(Br)cc1)C1CCCCN1C. The first kappa shape index (κ1) is 18.6. The summed E-state index contributed by atoms with van der Waals surface area (Å²) >= 11 is 3.54. The number of nitrogens with zero attached hydrogens (tertiary/aromatic N) is 1. The minimum atomic E-state index is -0.459. The number of ether oxygens (including phenoxy) is 1. The van der Waals surface area contributed by atoms with Gasteiger partial charge in [-0.3, -0.25) is 0 Å². The van der Waals surface area contributed by atoms with Crippen molar-refractivity contribution in [2.45, 2.75) is 50.9 Å². The van der Waals surface area contributed by atoms with Crippen LogP contribution >= 0.6 is 15.9 Å². The van der Waals surface area contributed by atoms with Gasteiger partial charge in [0.25, 0.3) is 0 Å². The Kier molecular flexibility index (Phi) is 5.98. The number of benzene rings is 2. The Hall–Kier alpha value is -1.16. The van der Waals surface area contributed by atoms with Gasteiger partial charge in [0.1, 0.15) is 5.60 Å². The van der Waals surface area contributed by atoms with Crippen molar-refractivity contribution in [2.75, 3.05) is 13.6 Å². The molecule has 2 aromatic carbocycles. The number of likely N-dealkylation sites (tertiary alicyclic amines) is 1. The predicted octanol–water partition coefficient (Wildman–Crippen LogP) is 5.60. The maximum absolute atomic E-state index is 6.80. The van der Waals surface area contributed by atoms with E-state index in [1.165, 1.54) is 36.9 Å². The number of piperidine rings is 1. The van der Waals surface area contributed by atoms with Crippen molar-refractivity contribution in [1.29, 1.82) is 0 Å². The lowest BCUT2D eigenvalue weighted by atomic mass is 9.87. The van der Waals surface area contributed by atoms with Gasteiger partial charge in [0.15, 0.2) is 0 Å². The zero-order valence-corrected chi connectivity index (χ0v) is 17.0. The second-order valence-electron chi connectivity index (χ2n) is 7.27. The van der Waals surface area contributed by atoms with Gasteiger partial charge in [0, 0.05) is 10.5 Å². The lowest BCUT2D eigenvalue weighted by Gasteiger charge is -2.41. The topological polar surface area (TPSA) is 12.5 Å². The maximum Gasteiger partial charge on any atom is 0.116 e. The van der Waals surface area contributed by atoms with Crippen LogP contribution in [0.5, 0.6) is 0 Å². The molecule has 0 N–H and O–H groups in total. The lowest BCUT2D eigenvalue weighted by molar-refractivity contribution is -0.0918. The number of rotatable bonds is 5. The molecule has 134 valence electrons. The lowest BCUT2D eigenvalue weighted by Crippen LogP contribution is -2.47. The summed E-state index contributed by atoms with van der Waals surface area (Å²) in [7, 11) is 2.23. The fourth-order valence-electron chi connectivity index (χ4n) is 3.97. The molecule has 3 heteroatoms. The average molecular weight is 402 g/mol. The molecule has 0 aliphatic carbocycles. The third-order valence-electron chi connectivity index (χ3n) is 5.51. The van der Waals surface area contributed by atoms with Crippen molar-refractivity contribution in [3.63, 3.8) is 0 Å². The van der Waals surface area contributed by atoms with Crippen molar-refractivity contribution in [3.8, 4) is 0 Å². The molecule has 3 unspecified atom stereocenters. The van der Waals surface area contributed by atoms with E-state index in [1.54, 1.807) is 0 Å². The van der Waals surface area contributed by atoms with E-state index in [0.29, 0.717) is 6.04 Å². The molecule has 3 rings (SSSR count). The standard InChI is InChI=1S/C22H28BrNO/c1-17(21-11-7-8-16-24(21)3)25-22(2,18-9-5-4-6-10-18)19-12-14-20(23)15-13-19/h4-6,9-10,12-15,17,21H,7-8,11,16H2,1-3H3. The van der Waals surface area contributed by atoms with Gasteiger partial charge in [0.05, 0.1) is 6.10 Å². The molecule has 3 atom stereocenters. The largest absolute Gasteiger partial charge is 0.361 e. The van der Waals surface area contributed by atoms with Crippen molar-refractivity contribution in [3.05, 3.63) is 70.2 Å². The van der Waals surface area contributed by atoms with Crippen molar-refractivity contribution in [2.24, 2.45) is 0 Å². The summed E-state index contributed by atoms with van der Waals surface area (Å²) in [5.74, 6) is 0. The summed E-state index contributed by atoms with van der Waals surface area (Å²) in [5, 5.41) is 0. The highest BCUT2D eigenvalue weighted by atomic mass is 79.9. The second-order valence-corrected chi connectivity index (χ2v) is 8.19. The van der Waals surface area contributed by atoms with Gasteiger partial charge in [-0.25, -0.2) is 0 Å². The Labute approximate surface area is 160 Å². The highest BCUT2D eigenvalue weighted by molar-refractivity contribution is 9.10. The zero-order chi connectivity index (χ0) is 17.9. The third kappa shape index (κ3) is 4.16. The maximum atomic E-state index is 6.80. The van der Waals surface area contributed by atoms with E-state index in [1.807, 2.05) is 0 Å². The summed E-state index contributed by atoms with van der Waals surface area (Å²) in [6.45, 7) is 5.59.